The molecule has 4 rings (SSSR count). The lowest BCUT2D eigenvalue weighted by atomic mass is 10.1. The number of thioether (sulfide) groups is 1. The van der Waals surface area contributed by atoms with Crippen LogP contribution in [0.2, 0.25) is 0 Å². The lowest BCUT2D eigenvalue weighted by Gasteiger charge is -2.23. The van der Waals surface area contributed by atoms with Gasteiger partial charge < -0.3 is 10.6 Å². The third-order valence-corrected chi connectivity index (χ3v) is 6.07. The fraction of sp³-hybridized carbons (Fsp3) is 0.261. The second kappa shape index (κ2) is 9.86. The van der Waals surface area contributed by atoms with Crippen LogP contribution in [0, 0.1) is 13.8 Å². The highest BCUT2D eigenvalue weighted by Gasteiger charge is 2.27. The molecular weight excluding hydrogens is 440 g/mol. The van der Waals surface area contributed by atoms with Gasteiger partial charge in [-0.1, -0.05) is 42.1 Å². The molecule has 1 atom stereocenters. The molecule has 0 radical (unpaired) electrons. The van der Waals surface area contributed by atoms with Gasteiger partial charge in [0.15, 0.2) is 5.16 Å². The van der Waals surface area contributed by atoms with Gasteiger partial charge in [0.05, 0.1) is 11.4 Å². The maximum Gasteiger partial charge on any atom is 0.321 e. The summed E-state index contributed by atoms with van der Waals surface area (Å²) in [5.41, 5.74) is 3.71. The van der Waals surface area contributed by atoms with Crippen molar-refractivity contribution in [2.45, 2.75) is 37.9 Å². The van der Waals surface area contributed by atoms with Gasteiger partial charge in [-0.05, 0) is 43.2 Å². The Kier molecular flexibility index (Phi) is 6.74. The van der Waals surface area contributed by atoms with Crippen molar-refractivity contribution in [2.75, 3.05) is 11.1 Å². The van der Waals surface area contributed by atoms with Crippen molar-refractivity contribution in [2.24, 2.45) is 0 Å². The fourth-order valence-electron chi connectivity index (χ4n) is 3.59. The van der Waals surface area contributed by atoms with Gasteiger partial charge in [-0.2, -0.15) is 0 Å². The maximum absolute atomic E-state index is 12.5. The van der Waals surface area contributed by atoms with Crippen molar-refractivity contribution in [3.63, 3.8) is 0 Å². The summed E-state index contributed by atoms with van der Waals surface area (Å²) in [5, 5.41) is 17.1. The van der Waals surface area contributed by atoms with Crippen LogP contribution in [0.3, 0.4) is 0 Å². The Hall–Kier alpha value is -3.66. The first kappa shape index (κ1) is 22.5. The summed E-state index contributed by atoms with van der Waals surface area (Å²) in [6.07, 6.45) is 0.490. The van der Waals surface area contributed by atoms with Crippen molar-refractivity contribution in [1.82, 2.24) is 25.4 Å². The Morgan fingerprint density at radius 2 is 1.94 bits per heavy atom. The topological polar surface area (TPSA) is 118 Å². The summed E-state index contributed by atoms with van der Waals surface area (Å²) in [7, 11) is 0. The molecule has 2 aromatic carbocycles. The standard InChI is InChI=1S/C23H24N6O3S/c1-14-8-9-15(2)18(10-14)29-19(11-17-12-20(30)26-22(32)25-17)27-28-23(29)33-13-21(31)24-16-6-4-3-5-7-16/h3-10,17H,11-13H2,1-2H3,(H,24,31)(H2,25,26,30,32). The highest BCUT2D eigenvalue weighted by molar-refractivity contribution is 7.99. The van der Waals surface area contributed by atoms with Gasteiger partial charge in [-0.15, -0.1) is 10.2 Å². The van der Waals surface area contributed by atoms with Crippen molar-refractivity contribution in [3.8, 4) is 5.69 Å². The normalized spacial score (nSPS) is 15.6. The smallest absolute Gasteiger partial charge is 0.321 e. The molecule has 10 heteroatoms. The molecule has 3 N–H and O–H groups in total. The number of aromatic nitrogens is 3. The molecular formula is C23H24N6O3S. The van der Waals surface area contributed by atoms with E-state index < -0.39 is 12.1 Å². The largest absolute Gasteiger partial charge is 0.334 e. The predicted octanol–water partition coefficient (Wildman–Crippen LogP) is 2.76. The number of aryl methyl sites for hydroxylation is 2. The molecule has 1 aliphatic rings. The first-order valence-corrected chi connectivity index (χ1v) is 11.5. The number of nitrogens with zero attached hydrogens (tertiary/aromatic N) is 3. The third-order valence-electron chi connectivity index (χ3n) is 5.14. The molecule has 170 valence electrons. The zero-order valence-electron chi connectivity index (χ0n) is 18.3. The van der Waals surface area contributed by atoms with Gasteiger partial charge in [-0.3, -0.25) is 19.5 Å². The number of rotatable bonds is 7. The summed E-state index contributed by atoms with van der Waals surface area (Å²) in [5.74, 6) is 0.281. The summed E-state index contributed by atoms with van der Waals surface area (Å²) >= 11 is 1.28. The number of hydrogen-bond acceptors (Lipinski definition) is 6. The van der Waals surface area contributed by atoms with Crippen LogP contribution < -0.4 is 16.0 Å². The Bertz CT molecular complexity index is 1180. The number of benzene rings is 2. The summed E-state index contributed by atoms with van der Waals surface area (Å²) in [6.45, 7) is 3.99. The second-order valence-corrected chi connectivity index (χ2v) is 8.80. The van der Waals surface area contributed by atoms with Crippen LogP contribution in [0.1, 0.15) is 23.4 Å². The molecule has 0 spiro atoms. The van der Waals surface area contributed by atoms with Gasteiger partial charge in [0.2, 0.25) is 11.8 Å². The van der Waals surface area contributed by atoms with E-state index in [2.05, 4.69) is 26.1 Å². The quantitative estimate of drug-likeness (QED) is 0.463. The first-order chi connectivity index (χ1) is 15.9. The van der Waals surface area contributed by atoms with Gasteiger partial charge in [0, 0.05) is 24.6 Å². The third kappa shape index (κ3) is 5.58. The second-order valence-electron chi connectivity index (χ2n) is 7.85. The predicted molar refractivity (Wildman–Crippen MR) is 125 cm³/mol. The molecule has 0 aliphatic carbocycles. The lowest BCUT2D eigenvalue weighted by molar-refractivity contribution is -0.121. The van der Waals surface area contributed by atoms with Gasteiger partial charge in [-0.25, -0.2) is 4.79 Å². The zero-order valence-corrected chi connectivity index (χ0v) is 19.1. The number of nitrogens with one attached hydrogen (secondary N) is 3. The number of amides is 4. The average molecular weight is 465 g/mol. The Morgan fingerprint density at radius 3 is 2.70 bits per heavy atom. The maximum atomic E-state index is 12.5. The average Bonchev–Trinajstić information content (AvgIpc) is 3.16. The number of anilines is 1. The molecule has 1 aromatic heterocycles. The summed E-state index contributed by atoms with van der Waals surface area (Å²) < 4.78 is 1.90. The minimum absolute atomic E-state index is 0.153. The molecule has 1 saturated heterocycles. The number of carbonyl (C=O) groups is 3. The number of carbonyl (C=O) groups excluding carboxylic acids is 3. The summed E-state index contributed by atoms with van der Waals surface area (Å²) in [4.78, 5) is 36.0. The summed E-state index contributed by atoms with van der Waals surface area (Å²) in [6, 6.07) is 14.4. The van der Waals surface area contributed by atoms with Crippen molar-refractivity contribution in [3.05, 3.63) is 65.5 Å². The molecule has 0 bridgehead atoms. The van der Waals surface area contributed by atoms with Crippen LogP contribution in [0.25, 0.3) is 5.69 Å². The monoisotopic (exact) mass is 464 g/mol. The van der Waals surface area contributed by atoms with Crippen LogP contribution in [0.4, 0.5) is 10.5 Å². The fourth-order valence-corrected chi connectivity index (χ4v) is 4.36. The van der Waals surface area contributed by atoms with E-state index in [0.717, 1.165) is 22.5 Å². The zero-order chi connectivity index (χ0) is 23.4. The molecule has 1 aliphatic heterocycles. The molecule has 9 nitrogen and oxygen atoms in total. The molecule has 2 heterocycles. The van der Waals surface area contributed by atoms with Crippen LogP contribution in [-0.4, -0.2) is 44.4 Å². The van der Waals surface area contributed by atoms with Crippen molar-refractivity contribution in [1.29, 1.82) is 0 Å². The molecule has 4 amide bonds. The number of para-hydroxylation sites is 1. The van der Waals surface area contributed by atoms with Crippen molar-refractivity contribution < 1.29 is 14.4 Å². The lowest BCUT2D eigenvalue weighted by Crippen LogP contribution is -2.53. The van der Waals surface area contributed by atoms with Crippen LogP contribution >= 0.6 is 11.8 Å². The molecule has 3 aromatic rings. The highest BCUT2D eigenvalue weighted by atomic mass is 32.2. The molecule has 33 heavy (non-hydrogen) atoms. The highest BCUT2D eigenvalue weighted by Crippen LogP contribution is 2.26. The minimum atomic E-state index is -0.513. The Labute approximate surface area is 195 Å². The van der Waals surface area contributed by atoms with E-state index in [9.17, 15) is 14.4 Å². The first-order valence-electron chi connectivity index (χ1n) is 10.5. The minimum Gasteiger partial charge on any atom is -0.334 e. The van der Waals surface area contributed by atoms with Gasteiger partial charge >= 0.3 is 6.03 Å². The SMILES string of the molecule is Cc1ccc(C)c(-n2c(CC3CC(=O)NC(=O)N3)nnc2SCC(=O)Nc2ccccc2)c1. The van der Waals surface area contributed by atoms with Crippen LogP contribution in [0.5, 0.6) is 0 Å². The molecule has 0 saturated carbocycles. The number of urea groups is 1. The van der Waals surface area contributed by atoms with E-state index in [-0.39, 0.29) is 24.0 Å². The molecule has 1 fully saturated rings. The Morgan fingerprint density at radius 1 is 1.15 bits per heavy atom. The van der Waals surface area contributed by atoms with Crippen molar-refractivity contribution >= 4 is 35.3 Å². The van der Waals surface area contributed by atoms with E-state index in [0.29, 0.717) is 17.4 Å². The van der Waals surface area contributed by atoms with E-state index in [1.807, 2.05) is 66.9 Å². The van der Waals surface area contributed by atoms with E-state index >= 15 is 0 Å². The van der Waals surface area contributed by atoms with Crippen LogP contribution in [-0.2, 0) is 16.0 Å². The number of imide groups is 1. The van der Waals surface area contributed by atoms with E-state index in [1.165, 1.54) is 11.8 Å². The van der Waals surface area contributed by atoms with Gasteiger partial charge in [0.25, 0.3) is 0 Å². The molecule has 1 unspecified atom stereocenters. The number of hydrogen-bond donors (Lipinski definition) is 3. The van der Waals surface area contributed by atoms with Gasteiger partial charge in [0.1, 0.15) is 5.82 Å². The van der Waals surface area contributed by atoms with Crippen LogP contribution in [0.15, 0.2) is 53.7 Å². The Balaban J connectivity index is 1.58. The van der Waals surface area contributed by atoms with E-state index in [4.69, 9.17) is 0 Å². The van der Waals surface area contributed by atoms with E-state index in [1.54, 1.807) is 0 Å².